The Labute approximate surface area is 179 Å². The number of amides is 2. The molecule has 0 spiro atoms. The summed E-state index contributed by atoms with van der Waals surface area (Å²) in [6, 6.07) is 13.0. The predicted octanol–water partition coefficient (Wildman–Crippen LogP) is 4.83. The fraction of sp³-hybridized carbons (Fsp3) is 0.417. The number of halogens is 1. The minimum Gasteiger partial charge on any atom is -0.352 e. The number of hydrogen-bond acceptors (Lipinski definition) is 2. The van der Waals surface area contributed by atoms with Gasteiger partial charge in [0.05, 0.1) is 6.42 Å². The molecule has 0 radical (unpaired) electrons. The lowest BCUT2D eigenvalue weighted by atomic mass is 10.0. The Kier molecular flexibility index (Phi) is 8.27. The van der Waals surface area contributed by atoms with Crippen molar-refractivity contribution in [2.45, 2.75) is 66.1 Å². The van der Waals surface area contributed by atoms with E-state index >= 15 is 0 Å². The van der Waals surface area contributed by atoms with Crippen LogP contribution >= 0.6 is 11.6 Å². The molecule has 4 nitrogen and oxygen atoms in total. The van der Waals surface area contributed by atoms with Gasteiger partial charge in [-0.15, -0.1) is 0 Å². The molecule has 1 atom stereocenters. The summed E-state index contributed by atoms with van der Waals surface area (Å²) in [6.45, 7) is 10.2. The van der Waals surface area contributed by atoms with E-state index in [-0.39, 0.29) is 24.3 Å². The largest absolute Gasteiger partial charge is 0.352 e. The van der Waals surface area contributed by atoms with Crippen LogP contribution in [0, 0.1) is 13.8 Å². The molecule has 29 heavy (non-hydrogen) atoms. The fourth-order valence-corrected chi connectivity index (χ4v) is 3.47. The molecular weight excluding hydrogens is 384 g/mol. The van der Waals surface area contributed by atoms with E-state index in [2.05, 4.69) is 5.32 Å². The number of carbonyl (C=O) groups is 2. The van der Waals surface area contributed by atoms with Crippen LogP contribution in [-0.4, -0.2) is 28.8 Å². The fourth-order valence-electron chi connectivity index (χ4n) is 3.34. The molecule has 0 aromatic heterocycles. The van der Waals surface area contributed by atoms with Crippen LogP contribution in [0.15, 0.2) is 42.5 Å². The normalized spacial score (nSPS) is 12.0. The topological polar surface area (TPSA) is 49.4 Å². The maximum atomic E-state index is 13.4. The number of carbonyl (C=O) groups excluding carboxylic acids is 2. The second kappa shape index (κ2) is 10.4. The van der Waals surface area contributed by atoms with Crippen LogP contribution in [0.3, 0.4) is 0 Å². The highest BCUT2D eigenvalue weighted by Crippen LogP contribution is 2.18. The molecule has 0 aliphatic carbocycles. The lowest BCUT2D eigenvalue weighted by molar-refractivity contribution is -0.141. The summed E-state index contributed by atoms with van der Waals surface area (Å²) in [5, 5.41) is 3.60. The monoisotopic (exact) mass is 414 g/mol. The molecule has 0 aliphatic rings. The first-order valence-electron chi connectivity index (χ1n) is 10.1. The minimum atomic E-state index is -0.523. The van der Waals surface area contributed by atoms with Gasteiger partial charge in [0, 0.05) is 17.6 Å². The van der Waals surface area contributed by atoms with Crippen LogP contribution in [-0.2, 0) is 22.6 Å². The lowest BCUT2D eigenvalue weighted by Crippen LogP contribution is -2.50. The van der Waals surface area contributed by atoms with E-state index in [4.69, 9.17) is 11.6 Å². The Balaban J connectivity index is 2.33. The van der Waals surface area contributed by atoms with Crippen molar-refractivity contribution in [3.05, 3.63) is 69.7 Å². The van der Waals surface area contributed by atoms with Crippen LogP contribution in [0.2, 0.25) is 5.02 Å². The zero-order valence-corrected chi connectivity index (χ0v) is 18.7. The third-order valence-electron chi connectivity index (χ3n) is 4.93. The van der Waals surface area contributed by atoms with Crippen LogP contribution in [0.4, 0.5) is 0 Å². The standard InChI is InChI=1S/C24H31ClN2O2/c1-6-22(24(29)26-16(2)3)27(15-19-9-11-21(25)12-10-19)23(28)14-20-13-17(4)7-8-18(20)5/h7-13,16,22H,6,14-15H2,1-5H3,(H,26,29). The first kappa shape index (κ1) is 23.0. The number of nitrogens with zero attached hydrogens (tertiary/aromatic N) is 1. The van der Waals surface area contributed by atoms with Crippen LogP contribution in [0.25, 0.3) is 0 Å². The zero-order chi connectivity index (χ0) is 21.6. The average molecular weight is 415 g/mol. The zero-order valence-electron chi connectivity index (χ0n) is 18.0. The van der Waals surface area contributed by atoms with Crippen molar-refractivity contribution in [1.82, 2.24) is 10.2 Å². The van der Waals surface area contributed by atoms with Gasteiger partial charge in [0.25, 0.3) is 0 Å². The quantitative estimate of drug-likeness (QED) is 0.672. The van der Waals surface area contributed by atoms with E-state index in [1.165, 1.54) is 0 Å². The van der Waals surface area contributed by atoms with E-state index < -0.39 is 6.04 Å². The molecule has 2 aromatic rings. The second-order valence-electron chi connectivity index (χ2n) is 7.84. The molecule has 0 aliphatic heterocycles. The maximum Gasteiger partial charge on any atom is 0.243 e. The van der Waals surface area contributed by atoms with Crippen molar-refractivity contribution < 1.29 is 9.59 Å². The number of aryl methyl sites for hydroxylation is 2. The van der Waals surface area contributed by atoms with Gasteiger partial charge in [-0.2, -0.15) is 0 Å². The van der Waals surface area contributed by atoms with Gasteiger partial charge in [-0.05, 0) is 62.9 Å². The van der Waals surface area contributed by atoms with Crippen LogP contribution < -0.4 is 5.32 Å². The summed E-state index contributed by atoms with van der Waals surface area (Å²) in [4.78, 5) is 27.9. The van der Waals surface area contributed by atoms with Gasteiger partial charge in [-0.25, -0.2) is 0 Å². The third-order valence-corrected chi connectivity index (χ3v) is 5.18. The van der Waals surface area contributed by atoms with E-state index in [1.54, 1.807) is 17.0 Å². The lowest BCUT2D eigenvalue weighted by Gasteiger charge is -2.31. The number of benzene rings is 2. The molecule has 2 aromatic carbocycles. The molecule has 1 N–H and O–H groups in total. The van der Waals surface area contributed by atoms with Crippen molar-refractivity contribution in [2.24, 2.45) is 0 Å². The van der Waals surface area contributed by atoms with E-state index in [1.807, 2.05) is 65.0 Å². The molecule has 0 heterocycles. The summed E-state index contributed by atoms with van der Waals surface area (Å²) in [5.74, 6) is -0.176. The smallest absolute Gasteiger partial charge is 0.243 e. The Morgan fingerprint density at radius 2 is 1.72 bits per heavy atom. The van der Waals surface area contributed by atoms with Crippen LogP contribution in [0.5, 0.6) is 0 Å². The van der Waals surface area contributed by atoms with Gasteiger partial charge in [-0.3, -0.25) is 9.59 Å². The first-order valence-corrected chi connectivity index (χ1v) is 10.5. The molecule has 1 unspecified atom stereocenters. The van der Waals surface area contributed by atoms with Crippen molar-refractivity contribution in [1.29, 1.82) is 0 Å². The van der Waals surface area contributed by atoms with Gasteiger partial charge in [0.1, 0.15) is 6.04 Å². The van der Waals surface area contributed by atoms with Crippen molar-refractivity contribution >= 4 is 23.4 Å². The van der Waals surface area contributed by atoms with Gasteiger partial charge in [0.15, 0.2) is 0 Å². The SMILES string of the molecule is CCC(C(=O)NC(C)C)N(Cc1ccc(Cl)cc1)C(=O)Cc1cc(C)ccc1C. The van der Waals surface area contributed by atoms with Crippen molar-refractivity contribution in [3.8, 4) is 0 Å². The molecule has 2 rings (SSSR count). The first-order chi connectivity index (χ1) is 13.7. The summed E-state index contributed by atoms with van der Waals surface area (Å²) < 4.78 is 0. The Hall–Kier alpha value is -2.33. The molecule has 0 saturated carbocycles. The Morgan fingerprint density at radius 3 is 2.31 bits per heavy atom. The van der Waals surface area contributed by atoms with Crippen molar-refractivity contribution in [3.63, 3.8) is 0 Å². The average Bonchev–Trinajstić information content (AvgIpc) is 2.65. The molecule has 0 fully saturated rings. The number of nitrogens with one attached hydrogen (secondary N) is 1. The Bertz CT molecular complexity index is 846. The summed E-state index contributed by atoms with van der Waals surface area (Å²) in [6.07, 6.45) is 0.817. The highest BCUT2D eigenvalue weighted by molar-refractivity contribution is 6.30. The summed E-state index contributed by atoms with van der Waals surface area (Å²) in [5.41, 5.74) is 4.14. The highest BCUT2D eigenvalue weighted by atomic mass is 35.5. The van der Waals surface area contributed by atoms with E-state index in [0.29, 0.717) is 18.0 Å². The van der Waals surface area contributed by atoms with Gasteiger partial charge >= 0.3 is 0 Å². The Morgan fingerprint density at radius 1 is 1.07 bits per heavy atom. The molecular formula is C24H31ClN2O2. The molecule has 0 saturated heterocycles. The summed E-state index contributed by atoms with van der Waals surface area (Å²) >= 11 is 6.00. The van der Waals surface area contributed by atoms with E-state index in [9.17, 15) is 9.59 Å². The van der Waals surface area contributed by atoms with Gasteiger partial charge in [0.2, 0.25) is 11.8 Å². The molecule has 2 amide bonds. The van der Waals surface area contributed by atoms with Gasteiger partial charge < -0.3 is 10.2 Å². The number of rotatable bonds is 8. The van der Waals surface area contributed by atoms with Crippen LogP contribution in [0.1, 0.15) is 49.4 Å². The highest BCUT2D eigenvalue weighted by Gasteiger charge is 2.29. The van der Waals surface area contributed by atoms with Crippen molar-refractivity contribution in [2.75, 3.05) is 0 Å². The maximum absolute atomic E-state index is 13.4. The number of hydrogen-bond donors (Lipinski definition) is 1. The summed E-state index contributed by atoms with van der Waals surface area (Å²) in [7, 11) is 0. The predicted molar refractivity (Wildman–Crippen MR) is 119 cm³/mol. The second-order valence-corrected chi connectivity index (χ2v) is 8.28. The van der Waals surface area contributed by atoms with Gasteiger partial charge in [-0.1, -0.05) is 54.4 Å². The van der Waals surface area contributed by atoms with E-state index in [0.717, 1.165) is 22.3 Å². The molecule has 156 valence electrons. The third kappa shape index (κ3) is 6.60. The minimum absolute atomic E-state index is 0.0167. The molecule has 0 bridgehead atoms. The molecule has 5 heteroatoms.